The van der Waals surface area contributed by atoms with Gasteiger partial charge >= 0.3 is 0 Å². The summed E-state index contributed by atoms with van der Waals surface area (Å²) in [6.45, 7) is 4.73. The molecule has 0 atom stereocenters. The fourth-order valence-corrected chi connectivity index (χ4v) is 2.34. The van der Waals surface area contributed by atoms with Crippen LogP contribution in [0.2, 0.25) is 0 Å². The second-order valence-corrected chi connectivity index (χ2v) is 6.08. The first-order valence-corrected chi connectivity index (χ1v) is 7.28. The SMILES string of the molecule is CC(=O)Nc1ccc(S(=O)(=O)NC(=O)C=C(C)C)cc1. The van der Waals surface area contributed by atoms with E-state index < -0.39 is 15.9 Å². The molecule has 0 saturated heterocycles. The Labute approximate surface area is 117 Å². The van der Waals surface area contributed by atoms with E-state index >= 15 is 0 Å². The van der Waals surface area contributed by atoms with Crippen molar-refractivity contribution in [2.75, 3.05) is 5.32 Å². The molecule has 0 aromatic heterocycles. The second-order valence-electron chi connectivity index (χ2n) is 4.40. The Kier molecular flexibility index (Phi) is 5.04. The summed E-state index contributed by atoms with van der Waals surface area (Å²) in [4.78, 5) is 22.2. The topological polar surface area (TPSA) is 92.3 Å². The largest absolute Gasteiger partial charge is 0.326 e. The monoisotopic (exact) mass is 296 g/mol. The smallest absolute Gasteiger partial charge is 0.264 e. The summed E-state index contributed by atoms with van der Waals surface area (Å²) in [6, 6.07) is 5.51. The second kappa shape index (κ2) is 6.33. The van der Waals surface area contributed by atoms with E-state index in [0.29, 0.717) is 11.3 Å². The van der Waals surface area contributed by atoms with Gasteiger partial charge in [0.2, 0.25) is 5.91 Å². The third-order valence-electron chi connectivity index (χ3n) is 2.14. The first kappa shape index (κ1) is 15.9. The summed E-state index contributed by atoms with van der Waals surface area (Å²) in [5.41, 5.74) is 1.17. The molecule has 2 amide bonds. The first-order valence-electron chi connectivity index (χ1n) is 5.80. The minimum absolute atomic E-state index is 0.0536. The molecule has 6 nitrogen and oxygen atoms in total. The van der Waals surface area contributed by atoms with Gasteiger partial charge in [0.05, 0.1) is 4.90 Å². The van der Waals surface area contributed by atoms with Crippen molar-refractivity contribution in [3.63, 3.8) is 0 Å². The number of rotatable bonds is 4. The zero-order valence-corrected chi connectivity index (χ0v) is 12.2. The van der Waals surface area contributed by atoms with Crippen LogP contribution in [0.3, 0.4) is 0 Å². The highest BCUT2D eigenvalue weighted by Gasteiger charge is 2.16. The van der Waals surface area contributed by atoms with E-state index in [9.17, 15) is 18.0 Å². The van der Waals surface area contributed by atoms with Crippen LogP contribution in [0.5, 0.6) is 0 Å². The summed E-state index contributed by atoms with van der Waals surface area (Å²) < 4.78 is 25.8. The van der Waals surface area contributed by atoms with Crippen LogP contribution in [0, 0.1) is 0 Å². The molecular formula is C13H16N2O4S. The molecule has 1 aromatic carbocycles. The number of amides is 2. The summed E-state index contributed by atoms with van der Waals surface area (Å²) in [6.07, 6.45) is 1.20. The number of nitrogens with one attached hydrogen (secondary N) is 2. The van der Waals surface area contributed by atoms with Crippen LogP contribution in [-0.4, -0.2) is 20.2 Å². The van der Waals surface area contributed by atoms with Gasteiger partial charge in [-0.3, -0.25) is 9.59 Å². The summed E-state index contributed by atoms with van der Waals surface area (Å²) in [5, 5.41) is 2.52. The van der Waals surface area contributed by atoms with Crippen molar-refractivity contribution in [1.82, 2.24) is 4.72 Å². The fraction of sp³-hybridized carbons (Fsp3) is 0.231. The average molecular weight is 296 g/mol. The Morgan fingerprint density at radius 1 is 1.05 bits per heavy atom. The van der Waals surface area contributed by atoms with Crippen molar-refractivity contribution in [2.24, 2.45) is 0 Å². The number of sulfonamides is 1. The van der Waals surface area contributed by atoms with Gasteiger partial charge in [-0.15, -0.1) is 0 Å². The van der Waals surface area contributed by atoms with Crippen LogP contribution >= 0.6 is 0 Å². The lowest BCUT2D eigenvalue weighted by Gasteiger charge is -2.06. The fourth-order valence-electron chi connectivity index (χ4n) is 1.40. The molecule has 0 radical (unpaired) electrons. The number of hydrogen-bond donors (Lipinski definition) is 2. The van der Waals surface area contributed by atoms with E-state index in [2.05, 4.69) is 5.32 Å². The molecule has 108 valence electrons. The maximum absolute atomic E-state index is 11.9. The maximum atomic E-state index is 11.9. The molecule has 0 aliphatic rings. The molecule has 0 fully saturated rings. The minimum atomic E-state index is -3.91. The Balaban J connectivity index is 2.91. The zero-order valence-electron chi connectivity index (χ0n) is 11.4. The van der Waals surface area contributed by atoms with E-state index in [-0.39, 0.29) is 10.8 Å². The number of hydrogen-bond acceptors (Lipinski definition) is 4. The maximum Gasteiger partial charge on any atom is 0.264 e. The summed E-state index contributed by atoms with van der Waals surface area (Å²) >= 11 is 0. The van der Waals surface area contributed by atoms with Gasteiger partial charge in [-0.05, 0) is 38.1 Å². The quantitative estimate of drug-likeness (QED) is 0.822. The molecule has 0 heterocycles. The predicted molar refractivity (Wildman–Crippen MR) is 75.5 cm³/mol. The lowest BCUT2D eigenvalue weighted by atomic mass is 10.3. The number of benzene rings is 1. The van der Waals surface area contributed by atoms with Crippen LogP contribution in [-0.2, 0) is 19.6 Å². The molecular weight excluding hydrogens is 280 g/mol. The Hall–Kier alpha value is -2.15. The molecule has 0 unspecified atom stereocenters. The normalized spacial score (nSPS) is 10.6. The molecule has 20 heavy (non-hydrogen) atoms. The van der Waals surface area contributed by atoms with Gasteiger partial charge < -0.3 is 5.32 Å². The number of carbonyl (C=O) groups is 2. The summed E-state index contributed by atoms with van der Waals surface area (Å²) in [5.74, 6) is -0.951. The van der Waals surface area contributed by atoms with Gasteiger partial charge in [0.1, 0.15) is 0 Å². The van der Waals surface area contributed by atoms with Gasteiger partial charge in [-0.25, -0.2) is 13.1 Å². The molecule has 0 bridgehead atoms. The highest BCUT2D eigenvalue weighted by Crippen LogP contribution is 2.13. The number of carbonyl (C=O) groups excluding carboxylic acids is 2. The lowest BCUT2D eigenvalue weighted by molar-refractivity contribution is -0.115. The van der Waals surface area contributed by atoms with E-state index in [0.717, 1.165) is 0 Å². The predicted octanol–water partition coefficient (Wildman–Crippen LogP) is 1.42. The van der Waals surface area contributed by atoms with Crippen LogP contribution in [0.4, 0.5) is 5.69 Å². The van der Waals surface area contributed by atoms with Crippen LogP contribution < -0.4 is 10.0 Å². The number of anilines is 1. The van der Waals surface area contributed by atoms with Crippen molar-refractivity contribution in [3.8, 4) is 0 Å². The standard InChI is InChI=1S/C13H16N2O4S/c1-9(2)8-13(17)15-20(18,19)12-6-4-11(5-7-12)14-10(3)16/h4-8H,1-3H3,(H,14,16)(H,15,17). The van der Waals surface area contributed by atoms with Gasteiger partial charge in [0.15, 0.2) is 0 Å². The molecule has 0 aliphatic carbocycles. The average Bonchev–Trinajstić information content (AvgIpc) is 2.26. The van der Waals surface area contributed by atoms with Gasteiger partial charge in [0, 0.05) is 18.7 Å². The molecule has 2 N–H and O–H groups in total. The van der Waals surface area contributed by atoms with Gasteiger partial charge in [-0.1, -0.05) is 5.57 Å². The highest BCUT2D eigenvalue weighted by molar-refractivity contribution is 7.90. The Morgan fingerprint density at radius 2 is 1.60 bits per heavy atom. The van der Waals surface area contributed by atoms with Crippen LogP contribution in [0.25, 0.3) is 0 Å². The van der Waals surface area contributed by atoms with Crippen molar-refractivity contribution < 1.29 is 18.0 Å². The molecule has 1 rings (SSSR count). The minimum Gasteiger partial charge on any atom is -0.326 e. The third-order valence-corrected chi connectivity index (χ3v) is 3.50. The molecule has 7 heteroatoms. The molecule has 0 saturated carbocycles. The van der Waals surface area contributed by atoms with E-state index in [1.807, 2.05) is 4.72 Å². The summed E-state index contributed by atoms with van der Waals surface area (Å²) in [7, 11) is -3.91. The van der Waals surface area contributed by atoms with E-state index in [1.165, 1.54) is 37.3 Å². The van der Waals surface area contributed by atoms with E-state index in [4.69, 9.17) is 0 Å². The molecule has 0 spiro atoms. The Morgan fingerprint density at radius 3 is 2.05 bits per heavy atom. The first-order chi connectivity index (χ1) is 9.20. The van der Waals surface area contributed by atoms with Crippen molar-refractivity contribution >= 4 is 27.5 Å². The van der Waals surface area contributed by atoms with Gasteiger partial charge in [-0.2, -0.15) is 0 Å². The zero-order chi connectivity index (χ0) is 15.3. The molecule has 1 aromatic rings. The molecule has 0 aliphatic heterocycles. The Bertz CT molecular complexity index is 641. The van der Waals surface area contributed by atoms with Crippen LogP contribution in [0.15, 0.2) is 40.8 Å². The lowest BCUT2D eigenvalue weighted by Crippen LogP contribution is -2.29. The third kappa shape index (κ3) is 4.85. The van der Waals surface area contributed by atoms with Crippen molar-refractivity contribution in [3.05, 3.63) is 35.9 Å². The van der Waals surface area contributed by atoms with Crippen molar-refractivity contribution in [2.45, 2.75) is 25.7 Å². The highest BCUT2D eigenvalue weighted by atomic mass is 32.2. The van der Waals surface area contributed by atoms with Gasteiger partial charge in [0.25, 0.3) is 15.9 Å². The van der Waals surface area contributed by atoms with Crippen molar-refractivity contribution in [1.29, 1.82) is 0 Å². The van der Waals surface area contributed by atoms with E-state index in [1.54, 1.807) is 13.8 Å². The number of allylic oxidation sites excluding steroid dienone is 1. The van der Waals surface area contributed by atoms with Crippen LogP contribution in [0.1, 0.15) is 20.8 Å².